The third-order valence-corrected chi connectivity index (χ3v) is 4.07. The van der Waals surface area contributed by atoms with Gasteiger partial charge in [0.25, 0.3) is 5.89 Å². The molecule has 0 bridgehead atoms. The summed E-state index contributed by atoms with van der Waals surface area (Å²) in [5.74, 6) is -0.373. The fourth-order valence-electron chi connectivity index (χ4n) is 2.70. The van der Waals surface area contributed by atoms with Crippen LogP contribution >= 0.6 is 12.4 Å². The van der Waals surface area contributed by atoms with Gasteiger partial charge in [-0.2, -0.15) is 4.98 Å². The molecule has 0 fully saturated rings. The number of aromatic nitrogens is 4. The van der Waals surface area contributed by atoms with Crippen LogP contribution in [-0.2, 0) is 6.42 Å². The molecule has 6 nitrogen and oxygen atoms in total. The number of rotatable bonds is 4. The minimum atomic E-state index is -0.591. The highest BCUT2D eigenvalue weighted by atomic mass is 35.5. The maximum absolute atomic E-state index is 14.2. The van der Waals surface area contributed by atoms with Crippen molar-refractivity contribution < 1.29 is 13.3 Å². The Morgan fingerprint density at radius 1 is 1.11 bits per heavy atom. The number of nitrogens with one attached hydrogen (secondary N) is 1. The smallest absolute Gasteiger partial charge is 0.261 e. The van der Waals surface area contributed by atoms with Gasteiger partial charge in [0.05, 0.1) is 16.9 Å². The number of hydrogen-bond acceptors (Lipinski definition) is 6. The molecule has 144 valence electrons. The van der Waals surface area contributed by atoms with E-state index in [1.54, 1.807) is 0 Å². The van der Waals surface area contributed by atoms with Crippen LogP contribution in [0, 0.1) is 18.6 Å². The molecule has 0 saturated heterocycles. The molecular weight excluding hydrogens is 388 g/mol. The summed E-state index contributed by atoms with van der Waals surface area (Å²) in [6.45, 7) is 3.75. The first kappa shape index (κ1) is 19.6. The van der Waals surface area contributed by atoms with Gasteiger partial charge >= 0.3 is 0 Å². The van der Waals surface area contributed by atoms with Crippen LogP contribution < -0.4 is 5.32 Å². The molecular formula is C19H16ClF2N5O. The summed E-state index contributed by atoms with van der Waals surface area (Å²) in [7, 11) is 0. The molecule has 3 heterocycles. The molecule has 4 aromatic rings. The maximum atomic E-state index is 14.2. The Balaban J connectivity index is 0.00000225. The van der Waals surface area contributed by atoms with Crippen molar-refractivity contribution in [2.75, 3.05) is 5.32 Å². The molecule has 0 aliphatic rings. The Kier molecular flexibility index (Phi) is 5.51. The van der Waals surface area contributed by atoms with E-state index in [-0.39, 0.29) is 24.0 Å². The number of anilines is 2. The molecule has 4 rings (SSSR count). The van der Waals surface area contributed by atoms with E-state index in [0.29, 0.717) is 34.5 Å². The van der Waals surface area contributed by atoms with E-state index in [4.69, 9.17) is 4.52 Å². The predicted molar refractivity (Wildman–Crippen MR) is 104 cm³/mol. The molecule has 9 heteroatoms. The van der Waals surface area contributed by atoms with E-state index >= 15 is 0 Å². The van der Waals surface area contributed by atoms with Crippen LogP contribution in [0.4, 0.5) is 20.2 Å². The van der Waals surface area contributed by atoms with Gasteiger partial charge < -0.3 is 9.84 Å². The molecule has 0 unspecified atom stereocenters. The number of halogens is 3. The highest BCUT2D eigenvalue weighted by Gasteiger charge is 2.18. The first-order valence-electron chi connectivity index (χ1n) is 8.36. The first-order valence-corrected chi connectivity index (χ1v) is 8.36. The van der Waals surface area contributed by atoms with Crippen LogP contribution in [-0.4, -0.2) is 20.1 Å². The fraction of sp³-hybridized carbons (Fsp3) is 0.158. The van der Waals surface area contributed by atoms with Gasteiger partial charge in [0, 0.05) is 29.8 Å². The van der Waals surface area contributed by atoms with Crippen molar-refractivity contribution in [1.29, 1.82) is 0 Å². The normalized spacial score (nSPS) is 10.7. The Bertz CT molecular complexity index is 1150. The summed E-state index contributed by atoms with van der Waals surface area (Å²) in [4.78, 5) is 13.1. The molecule has 1 N–H and O–H groups in total. The summed E-state index contributed by atoms with van der Waals surface area (Å²) in [5, 5.41) is 7.46. The fourth-order valence-corrected chi connectivity index (χ4v) is 2.70. The van der Waals surface area contributed by atoms with Crippen LogP contribution in [0.2, 0.25) is 0 Å². The Morgan fingerprint density at radius 3 is 2.68 bits per heavy atom. The van der Waals surface area contributed by atoms with Crippen LogP contribution in [0.15, 0.2) is 41.1 Å². The number of fused-ring (bicyclic) bond motifs is 1. The van der Waals surface area contributed by atoms with E-state index in [0.717, 1.165) is 23.9 Å². The number of aryl methyl sites for hydroxylation is 2. The molecule has 0 aliphatic heterocycles. The van der Waals surface area contributed by atoms with Gasteiger partial charge in [-0.1, -0.05) is 12.1 Å². The van der Waals surface area contributed by atoms with Gasteiger partial charge in [-0.3, -0.25) is 0 Å². The second kappa shape index (κ2) is 7.85. The van der Waals surface area contributed by atoms with Gasteiger partial charge in [0.2, 0.25) is 0 Å². The first-order chi connectivity index (χ1) is 13.0. The molecule has 0 atom stereocenters. The summed E-state index contributed by atoms with van der Waals surface area (Å²) >= 11 is 0. The topological polar surface area (TPSA) is 76.7 Å². The summed E-state index contributed by atoms with van der Waals surface area (Å²) < 4.78 is 33.1. The van der Waals surface area contributed by atoms with Crippen LogP contribution in [0.1, 0.15) is 18.4 Å². The average Bonchev–Trinajstić information content (AvgIpc) is 3.13. The molecule has 0 radical (unpaired) electrons. The summed E-state index contributed by atoms with van der Waals surface area (Å²) in [6.07, 6.45) is 2.13. The van der Waals surface area contributed by atoms with Gasteiger partial charge in [0.1, 0.15) is 11.6 Å². The van der Waals surface area contributed by atoms with Crippen LogP contribution in [0.3, 0.4) is 0 Å². The van der Waals surface area contributed by atoms with Gasteiger partial charge in [0.15, 0.2) is 11.5 Å². The SMILES string of the molecule is CCc1noc(-c2cnc3nc(C)ccc3c2Nc2cc(F)ccc2F)n1.Cl. The quantitative estimate of drug-likeness (QED) is 0.517. The number of hydrogen-bond donors (Lipinski definition) is 1. The molecule has 3 aromatic heterocycles. The molecule has 0 saturated carbocycles. The predicted octanol–water partition coefficient (Wildman–Crippen LogP) is 4.99. The maximum Gasteiger partial charge on any atom is 0.261 e. The van der Waals surface area contributed by atoms with Gasteiger partial charge in [-0.05, 0) is 31.2 Å². The van der Waals surface area contributed by atoms with Crippen molar-refractivity contribution in [3.05, 3.63) is 59.7 Å². The molecule has 28 heavy (non-hydrogen) atoms. The Labute approximate surface area is 165 Å². The van der Waals surface area contributed by atoms with Crippen molar-refractivity contribution in [2.45, 2.75) is 20.3 Å². The lowest BCUT2D eigenvalue weighted by atomic mass is 10.1. The summed E-state index contributed by atoms with van der Waals surface area (Å²) in [5.41, 5.74) is 2.18. The zero-order valence-electron chi connectivity index (χ0n) is 15.0. The lowest BCUT2D eigenvalue weighted by Crippen LogP contribution is -2.00. The third-order valence-electron chi connectivity index (χ3n) is 4.07. The number of benzene rings is 1. The zero-order chi connectivity index (χ0) is 19.0. The molecule has 0 spiro atoms. The lowest BCUT2D eigenvalue weighted by Gasteiger charge is -2.13. The number of nitrogens with zero attached hydrogens (tertiary/aromatic N) is 4. The largest absolute Gasteiger partial charge is 0.352 e. The van der Waals surface area contributed by atoms with Gasteiger partial charge in [-0.15, -0.1) is 12.4 Å². The van der Waals surface area contributed by atoms with Crippen LogP contribution in [0.5, 0.6) is 0 Å². The van der Waals surface area contributed by atoms with Crippen molar-refractivity contribution in [3.63, 3.8) is 0 Å². The van der Waals surface area contributed by atoms with E-state index in [1.807, 2.05) is 26.0 Å². The second-order valence-electron chi connectivity index (χ2n) is 5.99. The highest BCUT2D eigenvalue weighted by molar-refractivity contribution is 5.98. The average molecular weight is 404 g/mol. The molecule has 1 aromatic carbocycles. The Hall–Kier alpha value is -3.13. The highest BCUT2D eigenvalue weighted by Crippen LogP contribution is 2.35. The molecule has 0 aliphatic carbocycles. The van der Waals surface area contributed by atoms with E-state index in [2.05, 4.69) is 25.4 Å². The third kappa shape index (κ3) is 3.63. The minimum Gasteiger partial charge on any atom is -0.352 e. The summed E-state index contributed by atoms with van der Waals surface area (Å²) in [6, 6.07) is 6.82. The van der Waals surface area contributed by atoms with Crippen molar-refractivity contribution in [1.82, 2.24) is 20.1 Å². The Morgan fingerprint density at radius 2 is 1.93 bits per heavy atom. The lowest BCUT2D eigenvalue weighted by molar-refractivity contribution is 0.423. The molecule has 0 amide bonds. The van der Waals surface area contributed by atoms with Crippen molar-refractivity contribution >= 4 is 34.8 Å². The van der Waals surface area contributed by atoms with Crippen molar-refractivity contribution in [3.8, 4) is 11.5 Å². The zero-order valence-corrected chi connectivity index (χ0v) is 15.8. The van der Waals surface area contributed by atoms with Crippen LogP contribution in [0.25, 0.3) is 22.5 Å². The monoisotopic (exact) mass is 403 g/mol. The standard InChI is InChI=1S/C19H15F2N5O.ClH/c1-3-16-25-19(27-26-16)13-9-22-18-12(6-4-10(2)23-18)17(13)24-15-8-11(20)5-7-14(15)21;/h4-9H,3H2,1-2H3,(H,22,23,24);1H. The number of pyridine rings is 2. The van der Waals surface area contributed by atoms with Crippen molar-refractivity contribution in [2.24, 2.45) is 0 Å². The minimum absolute atomic E-state index is 0. The van der Waals surface area contributed by atoms with E-state index < -0.39 is 11.6 Å². The second-order valence-corrected chi connectivity index (χ2v) is 5.99. The van der Waals surface area contributed by atoms with E-state index in [1.165, 1.54) is 6.20 Å². The van der Waals surface area contributed by atoms with Gasteiger partial charge in [-0.25, -0.2) is 18.7 Å². The van der Waals surface area contributed by atoms with E-state index in [9.17, 15) is 8.78 Å².